The van der Waals surface area contributed by atoms with Crippen LogP contribution in [0.25, 0.3) is 0 Å². The zero-order valence-corrected chi connectivity index (χ0v) is 15.0. The molecule has 0 unspecified atom stereocenters. The summed E-state index contributed by atoms with van der Waals surface area (Å²) in [5, 5.41) is 9.22. The Bertz CT molecular complexity index is 794. The molecule has 142 valence electrons. The summed E-state index contributed by atoms with van der Waals surface area (Å²) in [5.41, 5.74) is 1.48. The van der Waals surface area contributed by atoms with Gasteiger partial charge >= 0.3 is 17.9 Å². The molecule has 2 aromatic rings. The number of rotatable bonds is 8. The van der Waals surface area contributed by atoms with Crippen LogP contribution < -0.4 is 4.74 Å². The molecule has 7 heteroatoms. The molecule has 0 saturated carbocycles. The van der Waals surface area contributed by atoms with Crippen molar-refractivity contribution in [3.05, 3.63) is 65.2 Å². The lowest BCUT2D eigenvalue weighted by Crippen LogP contribution is -2.32. The number of hydrogen-bond acceptors (Lipinski definition) is 6. The van der Waals surface area contributed by atoms with Gasteiger partial charge in [-0.3, -0.25) is 0 Å². The maximum Gasteiger partial charge on any atom is 0.348 e. The monoisotopic (exact) mass is 372 g/mol. The molecule has 0 bridgehead atoms. The average Bonchev–Trinajstić information content (AvgIpc) is 2.70. The number of aliphatic carboxylic acids is 1. The summed E-state index contributed by atoms with van der Waals surface area (Å²) in [7, 11) is 1.49. The van der Waals surface area contributed by atoms with Gasteiger partial charge in [-0.15, -0.1) is 0 Å². The van der Waals surface area contributed by atoms with Crippen LogP contribution in [-0.2, 0) is 20.7 Å². The van der Waals surface area contributed by atoms with Crippen LogP contribution in [0.2, 0.25) is 0 Å². The van der Waals surface area contributed by atoms with Gasteiger partial charge in [0.05, 0.1) is 18.2 Å². The second-order valence-electron chi connectivity index (χ2n) is 5.61. The predicted molar refractivity (Wildman–Crippen MR) is 95.9 cm³/mol. The Kier molecular flexibility index (Phi) is 6.93. The first-order chi connectivity index (χ1) is 12.9. The molecule has 0 aromatic heterocycles. The smallest absolute Gasteiger partial charge is 0.348 e. The van der Waals surface area contributed by atoms with Crippen LogP contribution in [0.3, 0.4) is 0 Å². The van der Waals surface area contributed by atoms with Crippen molar-refractivity contribution in [2.24, 2.45) is 0 Å². The van der Waals surface area contributed by atoms with Gasteiger partial charge in [0.15, 0.2) is 0 Å². The molecule has 0 spiro atoms. The van der Waals surface area contributed by atoms with Crippen molar-refractivity contribution in [3.8, 4) is 5.75 Å². The fourth-order valence-corrected chi connectivity index (χ4v) is 2.19. The highest BCUT2D eigenvalue weighted by atomic mass is 16.6. The minimum atomic E-state index is -1.61. The maximum atomic E-state index is 12.1. The number of esters is 2. The molecule has 0 aliphatic heterocycles. The number of carboxylic acids is 1. The Morgan fingerprint density at radius 2 is 1.48 bits per heavy atom. The number of carbonyl (C=O) groups excluding carboxylic acids is 2. The summed E-state index contributed by atoms with van der Waals surface area (Å²) >= 11 is 0. The van der Waals surface area contributed by atoms with Gasteiger partial charge in [0.1, 0.15) is 12.4 Å². The van der Waals surface area contributed by atoms with E-state index in [0.717, 1.165) is 12.0 Å². The van der Waals surface area contributed by atoms with Gasteiger partial charge in [-0.2, -0.15) is 0 Å². The minimum Gasteiger partial charge on any atom is -0.497 e. The first kappa shape index (κ1) is 20.0. The Hall–Kier alpha value is -3.35. The quantitative estimate of drug-likeness (QED) is 0.711. The first-order valence-corrected chi connectivity index (χ1v) is 8.28. The highest BCUT2D eigenvalue weighted by Crippen LogP contribution is 2.13. The third-order valence-electron chi connectivity index (χ3n) is 3.81. The minimum absolute atomic E-state index is 0.222. The Balaban J connectivity index is 1.96. The SMILES string of the molecule is CCc1ccc(C(=O)O[C@@H](COC(=O)c2ccc(OC)cc2)C(=O)O)cc1. The van der Waals surface area contributed by atoms with Gasteiger partial charge < -0.3 is 19.3 Å². The zero-order chi connectivity index (χ0) is 19.8. The van der Waals surface area contributed by atoms with Crippen LogP contribution in [0.4, 0.5) is 0 Å². The Morgan fingerprint density at radius 1 is 0.926 bits per heavy atom. The molecule has 1 N–H and O–H groups in total. The predicted octanol–water partition coefficient (Wildman–Crippen LogP) is 2.72. The standard InChI is InChI=1S/C20H20O7/c1-3-13-4-6-15(7-5-13)20(24)27-17(18(21)22)12-26-19(23)14-8-10-16(25-2)11-9-14/h4-11,17H,3,12H2,1-2H3,(H,21,22)/t17-/m0/s1. The van der Waals surface area contributed by atoms with Crippen molar-refractivity contribution in [1.29, 1.82) is 0 Å². The molecule has 0 radical (unpaired) electrons. The highest BCUT2D eigenvalue weighted by molar-refractivity contribution is 5.92. The van der Waals surface area contributed by atoms with Crippen molar-refractivity contribution in [2.45, 2.75) is 19.4 Å². The lowest BCUT2D eigenvalue weighted by Gasteiger charge is -2.14. The van der Waals surface area contributed by atoms with E-state index in [1.165, 1.54) is 19.2 Å². The Morgan fingerprint density at radius 3 is 2.00 bits per heavy atom. The van der Waals surface area contributed by atoms with Crippen LogP contribution >= 0.6 is 0 Å². The summed E-state index contributed by atoms with van der Waals surface area (Å²) in [6.45, 7) is 1.38. The van der Waals surface area contributed by atoms with Crippen molar-refractivity contribution >= 4 is 17.9 Å². The van der Waals surface area contributed by atoms with E-state index in [2.05, 4.69) is 0 Å². The van der Waals surface area contributed by atoms with E-state index in [0.29, 0.717) is 5.75 Å². The van der Waals surface area contributed by atoms with Crippen LogP contribution in [0, 0.1) is 0 Å². The molecule has 0 aliphatic carbocycles. The summed E-state index contributed by atoms with van der Waals surface area (Å²) < 4.78 is 14.9. The van der Waals surface area contributed by atoms with Gasteiger partial charge in [0.2, 0.25) is 6.10 Å². The number of carbonyl (C=O) groups is 3. The third kappa shape index (κ3) is 5.57. The zero-order valence-electron chi connectivity index (χ0n) is 15.0. The number of carboxylic acid groups (broad SMARTS) is 1. The number of ether oxygens (including phenoxy) is 3. The second kappa shape index (κ2) is 9.38. The fraction of sp³-hybridized carbons (Fsp3) is 0.250. The van der Waals surface area contributed by atoms with Gasteiger partial charge in [-0.25, -0.2) is 14.4 Å². The normalized spacial score (nSPS) is 11.3. The number of hydrogen-bond donors (Lipinski definition) is 1. The molecule has 1 atom stereocenters. The van der Waals surface area contributed by atoms with Gasteiger partial charge in [0.25, 0.3) is 0 Å². The van der Waals surface area contributed by atoms with Crippen molar-refractivity contribution in [1.82, 2.24) is 0 Å². The summed E-state index contributed by atoms with van der Waals surface area (Å²) in [5.74, 6) is -2.37. The van der Waals surface area contributed by atoms with Crippen LogP contribution in [0.1, 0.15) is 33.2 Å². The fourth-order valence-electron chi connectivity index (χ4n) is 2.19. The van der Waals surface area contributed by atoms with E-state index >= 15 is 0 Å². The largest absolute Gasteiger partial charge is 0.497 e. The molecule has 2 aromatic carbocycles. The van der Waals surface area contributed by atoms with Gasteiger partial charge in [-0.05, 0) is 48.4 Å². The molecular formula is C20H20O7. The molecule has 2 rings (SSSR count). The number of methoxy groups -OCH3 is 1. The molecule has 0 saturated heterocycles. The van der Waals surface area contributed by atoms with E-state index in [-0.39, 0.29) is 11.1 Å². The van der Waals surface area contributed by atoms with E-state index < -0.39 is 30.6 Å². The van der Waals surface area contributed by atoms with Crippen LogP contribution in [-0.4, -0.2) is 42.8 Å². The lowest BCUT2D eigenvalue weighted by molar-refractivity contribution is -0.149. The van der Waals surface area contributed by atoms with Crippen LogP contribution in [0.15, 0.2) is 48.5 Å². The molecule has 0 aliphatic rings. The van der Waals surface area contributed by atoms with Crippen LogP contribution in [0.5, 0.6) is 5.75 Å². The van der Waals surface area contributed by atoms with Crippen molar-refractivity contribution < 1.29 is 33.7 Å². The summed E-state index contributed by atoms with van der Waals surface area (Å²) in [4.78, 5) is 35.4. The first-order valence-electron chi connectivity index (χ1n) is 8.28. The van der Waals surface area contributed by atoms with E-state index in [4.69, 9.17) is 14.2 Å². The molecule has 27 heavy (non-hydrogen) atoms. The molecule has 0 heterocycles. The van der Waals surface area contributed by atoms with Gasteiger partial charge in [0, 0.05) is 0 Å². The maximum absolute atomic E-state index is 12.1. The van der Waals surface area contributed by atoms with E-state index in [9.17, 15) is 19.5 Å². The molecular weight excluding hydrogens is 352 g/mol. The van der Waals surface area contributed by atoms with Crippen molar-refractivity contribution in [3.63, 3.8) is 0 Å². The molecule has 0 fully saturated rings. The molecule has 0 amide bonds. The number of benzene rings is 2. The average molecular weight is 372 g/mol. The van der Waals surface area contributed by atoms with E-state index in [1.54, 1.807) is 36.4 Å². The third-order valence-corrected chi connectivity index (χ3v) is 3.81. The van der Waals surface area contributed by atoms with Crippen molar-refractivity contribution in [2.75, 3.05) is 13.7 Å². The van der Waals surface area contributed by atoms with E-state index in [1.807, 2.05) is 6.92 Å². The van der Waals surface area contributed by atoms with Gasteiger partial charge in [-0.1, -0.05) is 19.1 Å². The lowest BCUT2D eigenvalue weighted by atomic mass is 10.1. The topological polar surface area (TPSA) is 99.1 Å². The second-order valence-corrected chi connectivity index (χ2v) is 5.61. The summed E-state index contributed by atoms with van der Waals surface area (Å²) in [6, 6.07) is 12.8. The molecule has 7 nitrogen and oxygen atoms in total. The summed E-state index contributed by atoms with van der Waals surface area (Å²) in [6.07, 6.45) is -0.792. The highest BCUT2D eigenvalue weighted by Gasteiger charge is 2.25. The number of aryl methyl sites for hydroxylation is 1. The Labute approximate surface area is 156 Å².